The zero-order valence-electron chi connectivity index (χ0n) is 12.2. The van der Waals surface area contributed by atoms with Crippen molar-refractivity contribution in [3.63, 3.8) is 0 Å². The summed E-state index contributed by atoms with van der Waals surface area (Å²) in [5, 5.41) is 10.1. The molecule has 0 aromatic carbocycles. The number of H-pyrrole nitrogens is 2. The van der Waals surface area contributed by atoms with Crippen LogP contribution in [0.4, 0.5) is 5.95 Å². The predicted octanol–water partition coefficient (Wildman–Crippen LogP) is -1.15. The van der Waals surface area contributed by atoms with Gasteiger partial charge in [0.05, 0.1) is 19.3 Å². The van der Waals surface area contributed by atoms with Crippen molar-refractivity contribution in [1.82, 2.24) is 19.5 Å². The van der Waals surface area contributed by atoms with Crippen LogP contribution >= 0.6 is 0 Å². The van der Waals surface area contributed by atoms with Crippen molar-refractivity contribution < 1.29 is 14.6 Å². The highest BCUT2D eigenvalue weighted by molar-refractivity contribution is 5.70. The van der Waals surface area contributed by atoms with Crippen LogP contribution in [0.3, 0.4) is 0 Å². The smallest absolute Gasteiger partial charge is 0.329 e. The van der Waals surface area contributed by atoms with E-state index in [1.807, 2.05) is 0 Å². The Morgan fingerprint density at radius 2 is 2.30 bits per heavy atom. The van der Waals surface area contributed by atoms with E-state index in [0.717, 1.165) is 0 Å². The Kier molecular flexibility index (Phi) is 4.03. The molecule has 0 amide bonds. The number of imidazole rings is 1. The molecule has 0 unspecified atom stereocenters. The third-order valence-corrected chi connectivity index (χ3v) is 3.61. The first-order valence-electron chi connectivity index (χ1n) is 7.03. The molecule has 0 aliphatic carbocycles. The van der Waals surface area contributed by atoms with Gasteiger partial charge >= 0.3 is 5.69 Å². The first kappa shape index (κ1) is 15.5. The van der Waals surface area contributed by atoms with Crippen LogP contribution in [0.2, 0.25) is 0 Å². The number of aliphatic hydroxyl groups excluding tert-OH is 1. The van der Waals surface area contributed by atoms with Crippen LogP contribution in [0.5, 0.6) is 0 Å². The number of nitrogens with one attached hydrogen (secondary N) is 2. The summed E-state index contributed by atoms with van der Waals surface area (Å²) in [5.41, 5.74) is 4.50. The van der Waals surface area contributed by atoms with Crippen molar-refractivity contribution >= 4 is 17.1 Å². The lowest BCUT2D eigenvalue weighted by Crippen LogP contribution is -2.27. The molecule has 1 aliphatic rings. The molecule has 3 rings (SSSR count). The van der Waals surface area contributed by atoms with Crippen LogP contribution in [-0.2, 0) is 9.47 Å². The largest absolute Gasteiger partial charge is 0.390 e. The number of fused-ring (bicyclic) bond motifs is 1. The van der Waals surface area contributed by atoms with Gasteiger partial charge in [0.1, 0.15) is 12.3 Å². The van der Waals surface area contributed by atoms with Crippen molar-refractivity contribution in [1.29, 1.82) is 0 Å². The van der Waals surface area contributed by atoms with Gasteiger partial charge in [-0.15, -0.1) is 6.58 Å². The molecule has 1 aliphatic heterocycles. The van der Waals surface area contributed by atoms with Crippen molar-refractivity contribution in [3.05, 3.63) is 33.5 Å². The molecule has 3 heterocycles. The Labute approximate surface area is 129 Å². The Morgan fingerprint density at radius 1 is 1.52 bits per heavy atom. The zero-order valence-corrected chi connectivity index (χ0v) is 12.2. The third-order valence-electron chi connectivity index (χ3n) is 3.61. The fourth-order valence-corrected chi connectivity index (χ4v) is 2.59. The van der Waals surface area contributed by atoms with E-state index in [4.69, 9.17) is 15.2 Å². The lowest BCUT2D eigenvalue weighted by molar-refractivity contribution is -0.0580. The van der Waals surface area contributed by atoms with E-state index in [1.165, 1.54) is 4.57 Å². The maximum absolute atomic E-state index is 12.1. The number of hydrogen-bond acceptors (Lipinski definition) is 7. The normalized spacial score (nSPS) is 24.3. The topological polar surface area (TPSA) is 148 Å². The molecule has 2 aromatic heterocycles. The SMILES string of the molecule is C=CCOC[C@H]1O[C@@H](n2c(=O)[nH]c3c(=O)[nH]c(N)nc32)C[C@@H]1O. The molecule has 0 bridgehead atoms. The van der Waals surface area contributed by atoms with Gasteiger partial charge in [-0.25, -0.2) is 9.36 Å². The second-order valence-corrected chi connectivity index (χ2v) is 5.21. The van der Waals surface area contributed by atoms with Gasteiger partial charge in [0, 0.05) is 6.42 Å². The molecule has 2 aromatic rings. The first-order valence-corrected chi connectivity index (χ1v) is 7.03. The minimum absolute atomic E-state index is 0.00801. The van der Waals surface area contributed by atoms with E-state index < -0.39 is 29.7 Å². The zero-order chi connectivity index (χ0) is 16.6. The van der Waals surface area contributed by atoms with Crippen molar-refractivity contribution in [3.8, 4) is 0 Å². The summed E-state index contributed by atoms with van der Waals surface area (Å²) in [6.07, 6.45) is -0.403. The highest BCUT2D eigenvalue weighted by atomic mass is 16.6. The molecular formula is C13H17N5O5. The Morgan fingerprint density at radius 3 is 3.04 bits per heavy atom. The van der Waals surface area contributed by atoms with E-state index in [0.29, 0.717) is 6.61 Å². The quantitative estimate of drug-likeness (QED) is 0.401. The van der Waals surface area contributed by atoms with E-state index >= 15 is 0 Å². The fourth-order valence-electron chi connectivity index (χ4n) is 2.59. The maximum Gasteiger partial charge on any atom is 0.329 e. The highest BCUT2D eigenvalue weighted by Crippen LogP contribution is 2.29. The average Bonchev–Trinajstić information content (AvgIpc) is 2.99. The molecular weight excluding hydrogens is 306 g/mol. The van der Waals surface area contributed by atoms with Crippen LogP contribution in [0.15, 0.2) is 22.2 Å². The highest BCUT2D eigenvalue weighted by Gasteiger charge is 2.37. The number of ether oxygens (including phenoxy) is 2. The molecule has 0 spiro atoms. The summed E-state index contributed by atoms with van der Waals surface area (Å²) in [7, 11) is 0. The van der Waals surface area contributed by atoms with Gasteiger partial charge in [0.2, 0.25) is 5.95 Å². The van der Waals surface area contributed by atoms with E-state index in [-0.39, 0.29) is 30.1 Å². The predicted molar refractivity (Wildman–Crippen MR) is 80.9 cm³/mol. The van der Waals surface area contributed by atoms with Gasteiger partial charge in [-0.3, -0.25) is 14.8 Å². The molecule has 124 valence electrons. The first-order chi connectivity index (χ1) is 11.0. The number of anilines is 1. The monoisotopic (exact) mass is 323 g/mol. The molecule has 10 heteroatoms. The molecule has 0 saturated carbocycles. The molecule has 1 saturated heterocycles. The number of nitrogens with two attached hydrogens (primary N) is 1. The van der Waals surface area contributed by atoms with Crippen molar-refractivity contribution in [2.45, 2.75) is 24.9 Å². The number of rotatable bonds is 5. The summed E-state index contributed by atoms with van der Waals surface area (Å²) in [6.45, 7) is 4.03. The molecule has 10 nitrogen and oxygen atoms in total. The Bertz CT molecular complexity index is 837. The van der Waals surface area contributed by atoms with Gasteiger partial charge in [0.15, 0.2) is 11.2 Å². The van der Waals surface area contributed by atoms with Crippen molar-refractivity contribution in [2.24, 2.45) is 0 Å². The second kappa shape index (κ2) is 5.99. The van der Waals surface area contributed by atoms with Crippen LogP contribution < -0.4 is 17.0 Å². The third kappa shape index (κ3) is 2.79. The van der Waals surface area contributed by atoms with Crippen LogP contribution in [0, 0.1) is 0 Å². The summed E-state index contributed by atoms with van der Waals surface area (Å²) in [5.74, 6) is -0.111. The van der Waals surface area contributed by atoms with Crippen LogP contribution in [0.1, 0.15) is 12.6 Å². The maximum atomic E-state index is 12.1. The standard InChI is InChI=1S/C13H17N5O5/c1-2-3-22-5-7-6(19)4-8(23-7)18-10-9(15-13(18)21)11(20)17-12(14)16-10/h2,6-8,19H,1,3-5H2,(H,15,21)(H3,14,16,17,20)/t6-,7+,8+/m0/s1. The molecule has 5 N–H and O–H groups in total. The number of hydrogen-bond donors (Lipinski definition) is 4. The van der Waals surface area contributed by atoms with E-state index in [2.05, 4.69) is 21.5 Å². The van der Waals surface area contributed by atoms with Gasteiger partial charge < -0.3 is 20.3 Å². The number of nitrogens with zero attached hydrogens (tertiary/aromatic N) is 2. The fraction of sp³-hybridized carbons (Fsp3) is 0.462. The molecule has 0 radical (unpaired) electrons. The minimum Gasteiger partial charge on any atom is -0.390 e. The van der Waals surface area contributed by atoms with Gasteiger partial charge in [-0.1, -0.05) is 6.08 Å². The Hall–Kier alpha value is -2.43. The van der Waals surface area contributed by atoms with E-state index in [1.54, 1.807) is 6.08 Å². The number of aromatic nitrogens is 4. The lowest BCUT2D eigenvalue weighted by Gasteiger charge is -2.15. The minimum atomic E-state index is -0.805. The number of aromatic amines is 2. The number of nitrogen functional groups attached to an aromatic ring is 1. The van der Waals surface area contributed by atoms with E-state index in [9.17, 15) is 14.7 Å². The molecule has 1 fully saturated rings. The molecule has 3 atom stereocenters. The van der Waals surface area contributed by atoms with Crippen LogP contribution in [0.25, 0.3) is 11.2 Å². The average molecular weight is 323 g/mol. The van der Waals surface area contributed by atoms with Crippen LogP contribution in [-0.4, -0.2) is 50.0 Å². The Balaban J connectivity index is 1.92. The lowest BCUT2D eigenvalue weighted by atomic mass is 10.2. The second-order valence-electron chi connectivity index (χ2n) is 5.21. The van der Waals surface area contributed by atoms with Gasteiger partial charge in [-0.05, 0) is 0 Å². The van der Waals surface area contributed by atoms with Gasteiger partial charge in [0.25, 0.3) is 5.56 Å². The summed E-state index contributed by atoms with van der Waals surface area (Å²) in [6, 6.07) is 0. The summed E-state index contributed by atoms with van der Waals surface area (Å²) >= 11 is 0. The summed E-state index contributed by atoms with van der Waals surface area (Å²) < 4.78 is 12.1. The van der Waals surface area contributed by atoms with Crippen molar-refractivity contribution in [2.75, 3.05) is 18.9 Å². The number of aliphatic hydroxyl groups is 1. The molecule has 23 heavy (non-hydrogen) atoms. The van der Waals surface area contributed by atoms with Gasteiger partial charge in [-0.2, -0.15) is 4.98 Å². The summed E-state index contributed by atoms with van der Waals surface area (Å²) in [4.78, 5) is 32.6.